The van der Waals surface area contributed by atoms with Gasteiger partial charge in [-0.25, -0.2) is 0 Å². The summed E-state index contributed by atoms with van der Waals surface area (Å²) in [5.41, 5.74) is 1.16. The molecule has 4 nitrogen and oxygen atoms in total. The molecule has 1 aliphatic heterocycles. The minimum atomic E-state index is -0.631. The summed E-state index contributed by atoms with van der Waals surface area (Å²) in [6.07, 6.45) is -0.0980. The Kier molecular flexibility index (Phi) is 5.07. The summed E-state index contributed by atoms with van der Waals surface area (Å²) in [4.78, 5) is 0. The van der Waals surface area contributed by atoms with Crippen LogP contribution in [0.2, 0.25) is 0 Å². The highest BCUT2D eigenvalue weighted by Crippen LogP contribution is 2.31. The molecule has 0 saturated carbocycles. The molecule has 0 saturated heterocycles. The third-order valence-corrected chi connectivity index (χ3v) is 4.24. The molecule has 0 aliphatic carbocycles. The highest BCUT2D eigenvalue weighted by atomic mass is 16.6. The van der Waals surface area contributed by atoms with Gasteiger partial charge in [-0.3, -0.25) is 0 Å². The maximum atomic E-state index is 10.5. The van der Waals surface area contributed by atoms with Crippen molar-refractivity contribution in [3.63, 3.8) is 0 Å². The molecule has 128 valence electrons. The van der Waals surface area contributed by atoms with Crippen LogP contribution in [-0.2, 0) is 6.42 Å². The Labute approximate surface area is 143 Å². The largest absolute Gasteiger partial charge is 0.486 e. The first-order valence-corrected chi connectivity index (χ1v) is 8.39. The second kappa shape index (κ2) is 7.24. The fraction of sp³-hybridized carbons (Fsp3) is 0.400. The quantitative estimate of drug-likeness (QED) is 0.857. The normalized spacial score (nSPS) is 18.2. The highest BCUT2D eigenvalue weighted by Gasteiger charge is 2.29. The van der Waals surface area contributed by atoms with E-state index in [1.807, 2.05) is 42.5 Å². The molecule has 2 N–H and O–H groups in total. The zero-order chi connectivity index (χ0) is 17.0. The molecule has 0 aromatic heterocycles. The van der Waals surface area contributed by atoms with Crippen molar-refractivity contribution in [1.29, 1.82) is 0 Å². The van der Waals surface area contributed by atoms with E-state index in [4.69, 9.17) is 9.47 Å². The van der Waals surface area contributed by atoms with Crippen LogP contribution in [0.4, 0.5) is 0 Å². The number of rotatable bonds is 6. The predicted molar refractivity (Wildman–Crippen MR) is 94.6 cm³/mol. The molecular weight excluding hydrogens is 302 g/mol. The summed E-state index contributed by atoms with van der Waals surface area (Å²) >= 11 is 0. The molecule has 2 unspecified atom stereocenters. The number of hydrogen-bond acceptors (Lipinski definition) is 4. The van der Waals surface area contributed by atoms with Crippen molar-refractivity contribution in [2.75, 3.05) is 13.2 Å². The first kappa shape index (κ1) is 16.8. The van der Waals surface area contributed by atoms with Crippen LogP contribution >= 0.6 is 0 Å². The molecule has 3 rings (SSSR count). The monoisotopic (exact) mass is 327 g/mol. The lowest BCUT2D eigenvalue weighted by atomic mass is 9.94. The third-order valence-electron chi connectivity index (χ3n) is 4.24. The molecule has 0 radical (unpaired) electrons. The molecule has 2 atom stereocenters. The molecule has 2 aromatic carbocycles. The Morgan fingerprint density at radius 1 is 1.08 bits per heavy atom. The minimum absolute atomic E-state index is 0.115. The Morgan fingerprint density at radius 2 is 1.75 bits per heavy atom. The molecular formula is C20H25NO3. The van der Waals surface area contributed by atoms with Crippen LogP contribution < -0.4 is 14.8 Å². The van der Waals surface area contributed by atoms with E-state index in [9.17, 15) is 5.11 Å². The second-order valence-electron chi connectivity index (χ2n) is 6.91. The third kappa shape index (κ3) is 4.28. The first-order valence-electron chi connectivity index (χ1n) is 8.39. The fourth-order valence-corrected chi connectivity index (χ4v) is 2.91. The summed E-state index contributed by atoms with van der Waals surface area (Å²) in [5, 5.41) is 13.9. The van der Waals surface area contributed by atoms with Crippen LogP contribution in [0.25, 0.3) is 0 Å². The van der Waals surface area contributed by atoms with E-state index < -0.39 is 6.10 Å². The van der Waals surface area contributed by atoms with E-state index in [2.05, 4.69) is 31.3 Å². The maximum absolute atomic E-state index is 10.5. The number of aliphatic hydroxyl groups excluding tert-OH is 1. The Bertz CT molecular complexity index is 657. The summed E-state index contributed by atoms with van der Waals surface area (Å²) < 4.78 is 11.5. The van der Waals surface area contributed by atoms with Crippen LogP contribution in [-0.4, -0.2) is 36.0 Å². The molecule has 0 spiro atoms. The minimum Gasteiger partial charge on any atom is -0.486 e. The van der Waals surface area contributed by atoms with E-state index in [1.165, 1.54) is 5.56 Å². The lowest BCUT2D eigenvalue weighted by Crippen LogP contribution is -2.50. The van der Waals surface area contributed by atoms with Crippen molar-refractivity contribution >= 4 is 0 Å². The van der Waals surface area contributed by atoms with Crippen LogP contribution in [0, 0.1) is 0 Å². The van der Waals surface area contributed by atoms with Crippen molar-refractivity contribution in [3.8, 4) is 11.5 Å². The van der Waals surface area contributed by atoms with E-state index in [-0.39, 0.29) is 11.6 Å². The highest BCUT2D eigenvalue weighted by molar-refractivity contribution is 5.40. The SMILES string of the molecule is CC(C)(Cc1ccccc1)NCC(O)C1COc2ccccc2O1. The summed E-state index contributed by atoms with van der Waals surface area (Å²) in [7, 11) is 0. The lowest BCUT2D eigenvalue weighted by molar-refractivity contribution is -0.0117. The van der Waals surface area contributed by atoms with Gasteiger partial charge in [0.15, 0.2) is 17.6 Å². The van der Waals surface area contributed by atoms with Gasteiger partial charge in [0.25, 0.3) is 0 Å². The molecule has 0 fully saturated rings. The molecule has 4 heteroatoms. The summed E-state index contributed by atoms with van der Waals surface area (Å²) in [6.45, 7) is 5.09. The molecule has 1 heterocycles. The summed E-state index contributed by atoms with van der Waals surface area (Å²) in [6, 6.07) is 17.9. The zero-order valence-electron chi connectivity index (χ0n) is 14.2. The number of fused-ring (bicyclic) bond motifs is 1. The van der Waals surface area contributed by atoms with Gasteiger partial charge in [0.2, 0.25) is 0 Å². The molecule has 0 amide bonds. The van der Waals surface area contributed by atoms with Crippen LogP contribution in [0.3, 0.4) is 0 Å². The first-order chi connectivity index (χ1) is 11.5. The van der Waals surface area contributed by atoms with Crippen LogP contribution in [0.15, 0.2) is 54.6 Å². The molecule has 0 bridgehead atoms. The fourth-order valence-electron chi connectivity index (χ4n) is 2.91. The number of β-amino-alcohol motifs (C(OH)–C–C–N with tert-alkyl or cyclic N) is 1. The number of hydrogen-bond donors (Lipinski definition) is 2. The second-order valence-corrected chi connectivity index (χ2v) is 6.91. The van der Waals surface area contributed by atoms with Gasteiger partial charge in [-0.1, -0.05) is 42.5 Å². The van der Waals surface area contributed by atoms with E-state index in [0.717, 1.165) is 12.2 Å². The van der Waals surface area contributed by atoms with Crippen LogP contribution in [0.1, 0.15) is 19.4 Å². The van der Waals surface area contributed by atoms with E-state index in [1.54, 1.807) is 0 Å². The van der Waals surface area contributed by atoms with Crippen molar-refractivity contribution in [1.82, 2.24) is 5.32 Å². The van der Waals surface area contributed by atoms with Gasteiger partial charge >= 0.3 is 0 Å². The average Bonchev–Trinajstić information content (AvgIpc) is 2.60. The van der Waals surface area contributed by atoms with Crippen LogP contribution in [0.5, 0.6) is 11.5 Å². The van der Waals surface area contributed by atoms with Crippen molar-refractivity contribution in [3.05, 3.63) is 60.2 Å². The standard InChI is InChI=1S/C20H25NO3/c1-20(2,12-15-8-4-3-5-9-15)21-13-16(22)19-14-23-17-10-6-7-11-18(17)24-19/h3-11,16,19,21-22H,12-14H2,1-2H3. The van der Waals surface area contributed by atoms with Gasteiger partial charge in [0.1, 0.15) is 12.7 Å². The van der Waals surface area contributed by atoms with Crippen molar-refractivity contribution < 1.29 is 14.6 Å². The van der Waals surface area contributed by atoms with Gasteiger partial charge in [-0.15, -0.1) is 0 Å². The zero-order valence-corrected chi connectivity index (χ0v) is 14.2. The number of ether oxygens (including phenoxy) is 2. The number of nitrogens with one attached hydrogen (secondary N) is 1. The lowest BCUT2D eigenvalue weighted by Gasteiger charge is -2.33. The maximum Gasteiger partial charge on any atom is 0.161 e. The van der Waals surface area contributed by atoms with E-state index >= 15 is 0 Å². The van der Waals surface area contributed by atoms with Crippen molar-refractivity contribution in [2.24, 2.45) is 0 Å². The molecule has 2 aromatic rings. The number of para-hydroxylation sites is 2. The van der Waals surface area contributed by atoms with Gasteiger partial charge in [-0.05, 0) is 38.0 Å². The Balaban J connectivity index is 1.53. The Hall–Kier alpha value is -2.04. The predicted octanol–water partition coefficient (Wildman–Crippen LogP) is 2.80. The molecule has 24 heavy (non-hydrogen) atoms. The number of aliphatic hydroxyl groups is 1. The number of benzene rings is 2. The topological polar surface area (TPSA) is 50.7 Å². The van der Waals surface area contributed by atoms with Crippen molar-refractivity contribution in [2.45, 2.75) is 38.0 Å². The summed E-state index contributed by atoms with van der Waals surface area (Å²) in [5.74, 6) is 1.43. The van der Waals surface area contributed by atoms with E-state index in [0.29, 0.717) is 18.9 Å². The smallest absolute Gasteiger partial charge is 0.161 e. The molecule has 1 aliphatic rings. The van der Waals surface area contributed by atoms with Gasteiger partial charge < -0.3 is 19.9 Å². The Morgan fingerprint density at radius 3 is 2.50 bits per heavy atom. The van der Waals surface area contributed by atoms with Gasteiger partial charge in [-0.2, -0.15) is 0 Å². The average molecular weight is 327 g/mol. The van der Waals surface area contributed by atoms with Gasteiger partial charge in [0.05, 0.1) is 0 Å². The van der Waals surface area contributed by atoms with Gasteiger partial charge in [0, 0.05) is 12.1 Å².